The summed E-state index contributed by atoms with van der Waals surface area (Å²) in [6, 6.07) is 0. The van der Waals surface area contributed by atoms with Gasteiger partial charge in [-0.2, -0.15) is 0 Å². The third-order valence-electron chi connectivity index (χ3n) is 9.31. The molecule has 0 radical (unpaired) electrons. The molecule has 0 fully saturated rings. The fourth-order valence-electron chi connectivity index (χ4n) is 5.83. The van der Waals surface area contributed by atoms with Crippen molar-refractivity contribution < 1.29 is 37.3 Å². The largest absolute Gasteiger partial charge is 0.472 e. The van der Waals surface area contributed by atoms with Crippen LogP contribution in [0, 0.1) is 0 Å². The first-order valence-corrected chi connectivity index (χ1v) is 24.0. The van der Waals surface area contributed by atoms with Crippen molar-refractivity contribution in [2.45, 2.75) is 180 Å². The number of nitrogens with zero attached hydrogens (tertiary/aromatic N) is 1. The van der Waals surface area contributed by atoms with Gasteiger partial charge in [-0.1, -0.05) is 152 Å². The number of unbranched alkanes of at least 4 members (excludes halogenated alkanes) is 17. The van der Waals surface area contributed by atoms with Crippen LogP contribution in [0.1, 0.15) is 174 Å². The van der Waals surface area contributed by atoms with Crippen LogP contribution in [0.5, 0.6) is 0 Å². The maximum Gasteiger partial charge on any atom is 0.472 e. The highest BCUT2D eigenvalue weighted by atomic mass is 31.2. The number of likely N-dealkylation sites (N-methyl/N-ethyl adjacent to an activating group) is 1. The summed E-state index contributed by atoms with van der Waals surface area (Å²) in [7, 11) is 1.64. The Balaban J connectivity index is 4.25. The summed E-state index contributed by atoms with van der Waals surface area (Å²) in [6.07, 6.45) is 49.7. The minimum absolute atomic E-state index is 0.0812. The Morgan fingerprint density at radius 3 is 1.55 bits per heavy atom. The number of carbonyl (C=O) groups excluding carboxylic acids is 1. The number of rotatable bonds is 41. The minimum atomic E-state index is -4.28. The maximum atomic E-state index is 12.7. The van der Waals surface area contributed by atoms with Crippen LogP contribution in [0.3, 0.4) is 0 Å². The molecule has 0 spiro atoms. The SMILES string of the molecule is CC/C=C\C/C=C\C/C=C\CCCCCCCC(=O)OC(COCCCCCCCCCC/C=C\C/C=C\CCCCCC)COP(=O)(O)OCC[N+](C)(C)C. The van der Waals surface area contributed by atoms with E-state index in [0.717, 1.165) is 77.0 Å². The van der Waals surface area contributed by atoms with Gasteiger partial charge in [-0.05, 0) is 77.0 Å². The highest BCUT2D eigenvalue weighted by molar-refractivity contribution is 7.47. The van der Waals surface area contributed by atoms with Gasteiger partial charge in [0.25, 0.3) is 0 Å². The van der Waals surface area contributed by atoms with Crippen molar-refractivity contribution in [3.05, 3.63) is 60.8 Å². The smallest absolute Gasteiger partial charge is 0.457 e. The fourth-order valence-corrected chi connectivity index (χ4v) is 6.57. The van der Waals surface area contributed by atoms with Crippen molar-refractivity contribution in [3.63, 3.8) is 0 Å². The Hall–Kier alpha value is -1.80. The van der Waals surface area contributed by atoms with Gasteiger partial charge >= 0.3 is 13.8 Å². The molecule has 0 heterocycles. The summed E-state index contributed by atoms with van der Waals surface area (Å²) in [5.74, 6) is -0.334. The highest BCUT2D eigenvalue weighted by Crippen LogP contribution is 2.43. The molecule has 1 N–H and O–H groups in total. The Kier molecular flexibility index (Phi) is 38.7. The first kappa shape index (κ1) is 54.2. The molecule has 0 aromatic heterocycles. The second-order valence-corrected chi connectivity index (χ2v) is 17.5. The molecule has 0 bridgehead atoms. The van der Waals surface area contributed by atoms with Gasteiger partial charge in [0.2, 0.25) is 0 Å². The molecule has 2 atom stereocenters. The molecule has 0 saturated carbocycles. The molecule has 0 rings (SSSR count). The van der Waals surface area contributed by atoms with Crippen molar-refractivity contribution in [1.82, 2.24) is 0 Å². The van der Waals surface area contributed by atoms with E-state index in [1.54, 1.807) is 0 Å². The molecule has 0 aromatic rings. The molecular weight excluding hydrogens is 721 g/mol. The molecule has 0 aliphatic carbocycles. The van der Waals surface area contributed by atoms with Crippen LogP contribution in [0.15, 0.2) is 60.8 Å². The summed E-state index contributed by atoms with van der Waals surface area (Å²) in [6.45, 7) is 5.45. The molecule has 2 unspecified atom stereocenters. The van der Waals surface area contributed by atoms with Crippen LogP contribution in [0.25, 0.3) is 0 Å². The number of phosphoric ester groups is 1. The zero-order chi connectivity index (χ0) is 41.3. The second-order valence-electron chi connectivity index (χ2n) is 16.0. The molecule has 0 saturated heterocycles. The summed E-state index contributed by atoms with van der Waals surface area (Å²) >= 11 is 0. The first-order chi connectivity index (χ1) is 27.1. The zero-order valence-electron chi connectivity index (χ0n) is 36.9. The van der Waals surface area contributed by atoms with E-state index >= 15 is 0 Å². The van der Waals surface area contributed by atoms with E-state index in [9.17, 15) is 14.3 Å². The summed E-state index contributed by atoms with van der Waals surface area (Å²) < 4.78 is 35.0. The lowest BCUT2D eigenvalue weighted by Crippen LogP contribution is -2.37. The van der Waals surface area contributed by atoms with Crippen LogP contribution >= 0.6 is 7.82 Å². The topological polar surface area (TPSA) is 91.3 Å². The molecule has 326 valence electrons. The third-order valence-corrected chi connectivity index (χ3v) is 10.3. The molecule has 0 aromatic carbocycles. The lowest BCUT2D eigenvalue weighted by atomic mass is 10.1. The number of allylic oxidation sites excluding steroid dienone is 10. The molecule has 9 heteroatoms. The van der Waals surface area contributed by atoms with Crippen LogP contribution in [-0.4, -0.2) is 75.6 Å². The third kappa shape index (κ3) is 43.3. The van der Waals surface area contributed by atoms with Crippen LogP contribution in [0.2, 0.25) is 0 Å². The van der Waals surface area contributed by atoms with Crippen LogP contribution in [0.4, 0.5) is 0 Å². The molecule has 0 aliphatic heterocycles. The van der Waals surface area contributed by atoms with Crippen molar-refractivity contribution >= 4 is 13.8 Å². The zero-order valence-corrected chi connectivity index (χ0v) is 37.7. The fraction of sp³-hybridized carbons (Fsp3) is 0.766. The van der Waals surface area contributed by atoms with Crippen molar-refractivity contribution in [2.75, 3.05) is 54.1 Å². The quantitative estimate of drug-likeness (QED) is 0.0216. The van der Waals surface area contributed by atoms with Gasteiger partial charge in [-0.15, -0.1) is 0 Å². The number of phosphoric acid groups is 1. The van der Waals surface area contributed by atoms with E-state index < -0.39 is 13.9 Å². The first-order valence-electron chi connectivity index (χ1n) is 22.5. The number of ether oxygens (including phenoxy) is 2. The molecule has 0 aliphatic rings. The summed E-state index contributed by atoms with van der Waals surface area (Å²) in [5, 5.41) is 0. The van der Waals surface area contributed by atoms with E-state index in [4.69, 9.17) is 18.5 Å². The highest BCUT2D eigenvalue weighted by Gasteiger charge is 2.26. The predicted molar refractivity (Wildman–Crippen MR) is 238 cm³/mol. The van der Waals surface area contributed by atoms with Crippen molar-refractivity contribution in [2.24, 2.45) is 0 Å². The van der Waals surface area contributed by atoms with E-state index in [1.807, 2.05) is 21.1 Å². The van der Waals surface area contributed by atoms with Gasteiger partial charge in [-0.25, -0.2) is 4.57 Å². The Labute approximate surface area is 345 Å². The van der Waals surface area contributed by atoms with Gasteiger partial charge in [0, 0.05) is 13.0 Å². The normalized spacial score (nSPS) is 14.3. The molecule has 56 heavy (non-hydrogen) atoms. The standard InChI is InChI=1S/C47H86NO7P/c1-6-8-10-12-14-16-18-20-22-23-24-25-27-29-31-33-35-37-39-42-52-44-46(45-54-56(50,51)53-43-41-48(3,4)5)55-47(49)40-38-36-34-32-30-28-26-21-19-17-15-13-11-9-7-2/h9,11,15-18,21-23,26,46H,6-8,10,12-14,19-20,24-25,27-45H2,1-5H3/p+1/b11-9-,17-15-,18-16-,23-22-,26-21-. The maximum absolute atomic E-state index is 12.7. The summed E-state index contributed by atoms with van der Waals surface area (Å²) in [4.78, 5) is 22.9. The van der Waals surface area contributed by atoms with E-state index in [2.05, 4.69) is 74.6 Å². The number of carbonyl (C=O) groups is 1. The number of hydrogen-bond acceptors (Lipinski definition) is 6. The molecule has 0 amide bonds. The predicted octanol–water partition coefficient (Wildman–Crippen LogP) is 13.3. The number of hydrogen-bond donors (Lipinski definition) is 1. The lowest BCUT2D eigenvalue weighted by Gasteiger charge is -2.24. The Morgan fingerprint density at radius 2 is 1.04 bits per heavy atom. The van der Waals surface area contributed by atoms with Gasteiger partial charge in [0.1, 0.15) is 19.3 Å². The molecule has 8 nitrogen and oxygen atoms in total. The minimum Gasteiger partial charge on any atom is -0.457 e. The monoisotopic (exact) mass is 809 g/mol. The lowest BCUT2D eigenvalue weighted by molar-refractivity contribution is -0.870. The van der Waals surface area contributed by atoms with E-state index in [1.165, 1.54) is 77.0 Å². The van der Waals surface area contributed by atoms with Crippen molar-refractivity contribution in [3.8, 4) is 0 Å². The summed E-state index contributed by atoms with van der Waals surface area (Å²) in [5.41, 5.74) is 0. The van der Waals surface area contributed by atoms with Gasteiger partial charge in [-0.3, -0.25) is 13.8 Å². The van der Waals surface area contributed by atoms with E-state index in [0.29, 0.717) is 24.1 Å². The number of quaternary nitrogens is 1. The van der Waals surface area contributed by atoms with Gasteiger partial charge in [0.15, 0.2) is 0 Å². The average Bonchev–Trinajstić information content (AvgIpc) is 3.15. The molecular formula is C47H87NO7P+. The second kappa shape index (κ2) is 40.0. The number of esters is 1. The Bertz CT molecular complexity index is 1080. The van der Waals surface area contributed by atoms with Crippen molar-refractivity contribution in [1.29, 1.82) is 0 Å². The van der Waals surface area contributed by atoms with E-state index in [-0.39, 0.29) is 25.8 Å². The van der Waals surface area contributed by atoms with Gasteiger partial charge < -0.3 is 18.9 Å². The van der Waals surface area contributed by atoms with Crippen LogP contribution in [-0.2, 0) is 27.9 Å². The average molecular weight is 809 g/mol. The van der Waals surface area contributed by atoms with Gasteiger partial charge in [0.05, 0.1) is 34.4 Å². The Morgan fingerprint density at radius 1 is 0.571 bits per heavy atom. The van der Waals surface area contributed by atoms with Crippen LogP contribution < -0.4 is 0 Å².